The quantitative estimate of drug-likeness (QED) is 0.583. The lowest BCUT2D eigenvalue weighted by Gasteiger charge is -2.48. The molecule has 1 heterocycles. The number of carbonyl (C=O) groups excluding carboxylic acids is 1. The van der Waals surface area contributed by atoms with Crippen molar-refractivity contribution in [3.63, 3.8) is 0 Å². The highest BCUT2D eigenvalue weighted by Gasteiger charge is 2.55. The summed E-state index contributed by atoms with van der Waals surface area (Å²) in [6.45, 7) is 11.5. The van der Waals surface area contributed by atoms with Gasteiger partial charge in [-0.15, -0.1) is 6.58 Å². The highest BCUT2D eigenvalue weighted by Crippen LogP contribution is 2.52. The summed E-state index contributed by atoms with van der Waals surface area (Å²) < 4.78 is 16.9. The van der Waals surface area contributed by atoms with Crippen molar-refractivity contribution in [1.82, 2.24) is 0 Å². The normalized spacial score (nSPS) is 37.2. The van der Waals surface area contributed by atoms with Gasteiger partial charge in [-0.25, -0.2) is 0 Å². The second-order valence-corrected chi connectivity index (χ2v) is 5.91. The molecule has 108 valence electrons. The van der Waals surface area contributed by atoms with Crippen LogP contribution in [0.15, 0.2) is 12.7 Å². The van der Waals surface area contributed by atoms with E-state index in [1.807, 2.05) is 19.9 Å². The molecule has 19 heavy (non-hydrogen) atoms. The fraction of sp³-hybridized carbons (Fsp3) is 0.800. The summed E-state index contributed by atoms with van der Waals surface area (Å²) in [4.78, 5) is 12.2. The number of rotatable bonds is 3. The molecule has 1 spiro atoms. The molecule has 2 fully saturated rings. The molecule has 0 aromatic carbocycles. The third kappa shape index (κ3) is 2.56. The van der Waals surface area contributed by atoms with E-state index in [2.05, 4.69) is 13.5 Å². The molecule has 0 bridgehead atoms. The van der Waals surface area contributed by atoms with Crippen molar-refractivity contribution in [3.8, 4) is 0 Å². The molecule has 0 N–H and O–H groups in total. The summed E-state index contributed by atoms with van der Waals surface area (Å²) in [6, 6.07) is 0. The molecular weight excluding hydrogens is 244 g/mol. The fourth-order valence-electron chi connectivity index (χ4n) is 3.67. The van der Waals surface area contributed by atoms with E-state index in [1.165, 1.54) is 0 Å². The summed E-state index contributed by atoms with van der Waals surface area (Å²) in [5.74, 6) is -0.701. The van der Waals surface area contributed by atoms with Crippen LogP contribution in [-0.2, 0) is 19.0 Å². The van der Waals surface area contributed by atoms with Gasteiger partial charge in [0.2, 0.25) is 0 Å². The SMILES string of the molecule is C=C[C@@]1(C)CC2(C[C@@H](C)[C@@H]1C(=O)OCC)OCCO2. The number of carbonyl (C=O) groups is 1. The van der Waals surface area contributed by atoms with E-state index in [-0.39, 0.29) is 23.2 Å². The number of esters is 1. The van der Waals surface area contributed by atoms with Gasteiger partial charge in [0.25, 0.3) is 0 Å². The molecule has 0 amide bonds. The lowest BCUT2D eigenvalue weighted by molar-refractivity contribution is -0.220. The maximum absolute atomic E-state index is 12.2. The molecule has 1 saturated heterocycles. The molecule has 2 rings (SSSR count). The molecule has 0 aromatic rings. The molecule has 3 atom stereocenters. The second-order valence-electron chi connectivity index (χ2n) is 5.91. The Morgan fingerprint density at radius 1 is 1.47 bits per heavy atom. The first-order valence-corrected chi connectivity index (χ1v) is 7.04. The summed E-state index contributed by atoms with van der Waals surface area (Å²) in [7, 11) is 0. The van der Waals surface area contributed by atoms with Crippen molar-refractivity contribution >= 4 is 5.97 Å². The van der Waals surface area contributed by atoms with Gasteiger partial charge in [-0.2, -0.15) is 0 Å². The van der Waals surface area contributed by atoms with Gasteiger partial charge in [-0.1, -0.05) is 19.9 Å². The third-order valence-electron chi connectivity index (χ3n) is 4.38. The molecule has 2 aliphatic rings. The van der Waals surface area contributed by atoms with E-state index >= 15 is 0 Å². The molecule has 1 aliphatic carbocycles. The predicted octanol–water partition coefficient (Wildman–Crippen LogP) is 2.53. The summed E-state index contributed by atoms with van der Waals surface area (Å²) >= 11 is 0. The van der Waals surface area contributed by atoms with E-state index in [1.54, 1.807) is 0 Å². The van der Waals surface area contributed by atoms with Crippen LogP contribution in [-0.4, -0.2) is 31.6 Å². The van der Waals surface area contributed by atoms with Crippen LogP contribution in [0.25, 0.3) is 0 Å². The lowest BCUT2D eigenvalue weighted by atomic mass is 9.61. The second kappa shape index (κ2) is 5.25. The summed E-state index contributed by atoms with van der Waals surface area (Å²) in [5.41, 5.74) is -0.353. The smallest absolute Gasteiger partial charge is 0.310 e. The Bertz CT molecular complexity index is 359. The van der Waals surface area contributed by atoms with E-state index in [0.29, 0.717) is 26.2 Å². The molecule has 0 aromatic heterocycles. The average molecular weight is 268 g/mol. The highest BCUT2D eigenvalue weighted by molar-refractivity contribution is 5.74. The van der Waals surface area contributed by atoms with Gasteiger partial charge < -0.3 is 14.2 Å². The maximum atomic E-state index is 12.2. The van der Waals surface area contributed by atoms with Crippen LogP contribution in [0.5, 0.6) is 0 Å². The van der Waals surface area contributed by atoms with Gasteiger partial charge in [0, 0.05) is 18.3 Å². The first-order valence-electron chi connectivity index (χ1n) is 7.04. The van der Waals surface area contributed by atoms with Gasteiger partial charge in [0.1, 0.15) is 0 Å². The molecule has 0 unspecified atom stereocenters. The third-order valence-corrected chi connectivity index (χ3v) is 4.38. The maximum Gasteiger partial charge on any atom is 0.310 e. The van der Waals surface area contributed by atoms with Crippen molar-refractivity contribution in [1.29, 1.82) is 0 Å². The van der Waals surface area contributed by atoms with Gasteiger partial charge in [-0.05, 0) is 12.8 Å². The van der Waals surface area contributed by atoms with Crippen LogP contribution < -0.4 is 0 Å². The Labute approximate surface area is 115 Å². The number of ether oxygens (including phenoxy) is 3. The fourth-order valence-corrected chi connectivity index (χ4v) is 3.67. The Hall–Kier alpha value is -0.870. The van der Waals surface area contributed by atoms with Crippen LogP contribution in [0.3, 0.4) is 0 Å². The van der Waals surface area contributed by atoms with E-state index in [9.17, 15) is 4.79 Å². The van der Waals surface area contributed by atoms with Crippen LogP contribution in [0.4, 0.5) is 0 Å². The first kappa shape index (κ1) is 14.5. The Kier molecular flexibility index (Phi) is 4.02. The molecule has 4 heteroatoms. The van der Waals surface area contributed by atoms with E-state index < -0.39 is 5.79 Å². The zero-order valence-electron chi connectivity index (χ0n) is 12.1. The molecule has 4 nitrogen and oxygen atoms in total. The largest absolute Gasteiger partial charge is 0.466 e. The van der Waals surface area contributed by atoms with Gasteiger partial charge in [0.15, 0.2) is 5.79 Å². The van der Waals surface area contributed by atoms with Gasteiger partial charge >= 0.3 is 5.97 Å². The molecule has 0 radical (unpaired) electrons. The first-order chi connectivity index (χ1) is 8.96. The number of hydrogen-bond donors (Lipinski definition) is 0. The van der Waals surface area contributed by atoms with Crippen LogP contribution in [0, 0.1) is 17.3 Å². The Morgan fingerprint density at radius 3 is 2.63 bits per heavy atom. The monoisotopic (exact) mass is 268 g/mol. The zero-order valence-corrected chi connectivity index (χ0v) is 12.1. The standard InChI is InChI=1S/C15H24O4/c1-5-14(4)10-15(18-7-8-19-15)9-11(3)12(14)13(16)17-6-2/h5,11-12H,1,6-10H2,2-4H3/t11-,12-,14+/m1/s1. The minimum atomic E-state index is -0.536. The van der Waals surface area contributed by atoms with Crippen LogP contribution in [0.1, 0.15) is 33.6 Å². The van der Waals surface area contributed by atoms with Crippen LogP contribution in [0.2, 0.25) is 0 Å². The summed E-state index contributed by atoms with van der Waals surface area (Å²) in [6.07, 6.45) is 3.26. The van der Waals surface area contributed by atoms with E-state index in [0.717, 1.165) is 6.42 Å². The molecule has 1 aliphatic heterocycles. The number of hydrogen-bond acceptors (Lipinski definition) is 4. The minimum Gasteiger partial charge on any atom is -0.466 e. The average Bonchev–Trinajstić information content (AvgIpc) is 2.76. The lowest BCUT2D eigenvalue weighted by Crippen LogP contribution is -2.51. The summed E-state index contributed by atoms with van der Waals surface area (Å²) in [5, 5.41) is 0. The zero-order chi connectivity index (χ0) is 14.1. The van der Waals surface area contributed by atoms with Crippen molar-refractivity contribution < 1.29 is 19.0 Å². The van der Waals surface area contributed by atoms with Crippen molar-refractivity contribution in [2.24, 2.45) is 17.3 Å². The number of allylic oxidation sites excluding steroid dienone is 1. The minimum absolute atomic E-state index is 0.134. The van der Waals surface area contributed by atoms with E-state index in [4.69, 9.17) is 14.2 Å². The van der Waals surface area contributed by atoms with Gasteiger partial charge in [-0.3, -0.25) is 4.79 Å². The highest BCUT2D eigenvalue weighted by atomic mass is 16.7. The Balaban J connectivity index is 2.25. The van der Waals surface area contributed by atoms with Crippen molar-refractivity contribution in [2.45, 2.75) is 39.4 Å². The predicted molar refractivity (Wildman–Crippen MR) is 71.5 cm³/mol. The molecular formula is C15H24O4. The van der Waals surface area contributed by atoms with Crippen molar-refractivity contribution in [3.05, 3.63) is 12.7 Å². The molecule has 1 saturated carbocycles. The van der Waals surface area contributed by atoms with Crippen molar-refractivity contribution in [2.75, 3.05) is 19.8 Å². The topological polar surface area (TPSA) is 44.8 Å². The van der Waals surface area contributed by atoms with Gasteiger partial charge in [0.05, 0.1) is 25.7 Å². The Morgan fingerprint density at radius 2 is 2.11 bits per heavy atom. The van der Waals surface area contributed by atoms with Crippen LogP contribution >= 0.6 is 0 Å².